The van der Waals surface area contributed by atoms with E-state index >= 15 is 0 Å². The fourth-order valence-electron chi connectivity index (χ4n) is 4.06. The summed E-state index contributed by atoms with van der Waals surface area (Å²) in [5.74, 6) is 0.551. The Hall–Kier alpha value is -1.64. The first-order valence-electron chi connectivity index (χ1n) is 10.2. The fraction of sp³-hybridized carbons (Fsp3) is 0.409. The number of hydrogen-bond acceptors (Lipinski definition) is 4. The highest BCUT2D eigenvalue weighted by Gasteiger charge is 2.28. The van der Waals surface area contributed by atoms with Crippen LogP contribution in [0.3, 0.4) is 0 Å². The summed E-state index contributed by atoms with van der Waals surface area (Å²) in [5.41, 5.74) is 3.26. The van der Waals surface area contributed by atoms with Crippen molar-refractivity contribution in [2.75, 3.05) is 32.1 Å². The van der Waals surface area contributed by atoms with Crippen LogP contribution in [-0.2, 0) is 16.1 Å². The number of halogens is 2. The summed E-state index contributed by atoms with van der Waals surface area (Å²) in [6.07, 6.45) is 4.80. The molecule has 1 aromatic carbocycles. The molecule has 30 heavy (non-hydrogen) atoms. The summed E-state index contributed by atoms with van der Waals surface area (Å²) in [6, 6.07) is 7.75. The Kier molecular flexibility index (Phi) is 6.95. The number of rotatable bonds is 7. The zero-order chi connectivity index (χ0) is 21.1. The van der Waals surface area contributed by atoms with E-state index in [0.717, 1.165) is 42.6 Å². The molecular formula is C22H25ClFN3O2S. The minimum Gasteiger partial charge on any atom is -0.598 e. The number of piperidine rings is 1. The van der Waals surface area contributed by atoms with Crippen LogP contribution < -0.4 is 0 Å². The van der Waals surface area contributed by atoms with Gasteiger partial charge in [-0.05, 0) is 54.5 Å². The third-order valence-corrected chi connectivity index (χ3v) is 7.41. The van der Waals surface area contributed by atoms with Crippen LogP contribution >= 0.6 is 11.6 Å². The van der Waals surface area contributed by atoms with Crippen LogP contribution in [0.5, 0.6) is 0 Å². The Morgan fingerprint density at radius 2 is 2.13 bits per heavy atom. The van der Waals surface area contributed by atoms with Gasteiger partial charge in [-0.1, -0.05) is 23.7 Å². The third kappa shape index (κ3) is 4.50. The van der Waals surface area contributed by atoms with E-state index in [1.807, 2.05) is 29.4 Å². The predicted octanol–water partition coefficient (Wildman–Crippen LogP) is 4.90. The number of fused-ring (bicyclic) bond motifs is 1. The van der Waals surface area contributed by atoms with E-state index in [4.69, 9.17) is 16.3 Å². The van der Waals surface area contributed by atoms with Gasteiger partial charge in [0.15, 0.2) is 5.82 Å². The Balaban J connectivity index is 1.46. The number of benzene rings is 1. The van der Waals surface area contributed by atoms with Gasteiger partial charge in [-0.15, -0.1) is 4.31 Å². The van der Waals surface area contributed by atoms with Crippen LogP contribution in [0.25, 0.3) is 22.2 Å². The SMILES string of the molecule is CCOCC[S+]([O-])N1CCC(c2ccc(-c3ccnc4[nH]cc(F)c34)cc2Cl)CC1. The van der Waals surface area contributed by atoms with Gasteiger partial charge in [0.05, 0.1) is 12.0 Å². The summed E-state index contributed by atoms with van der Waals surface area (Å²) in [7, 11) is 0. The van der Waals surface area contributed by atoms with Gasteiger partial charge in [0, 0.05) is 48.5 Å². The summed E-state index contributed by atoms with van der Waals surface area (Å²) in [4.78, 5) is 7.03. The van der Waals surface area contributed by atoms with E-state index in [9.17, 15) is 8.94 Å². The number of ether oxygens (including phenoxy) is 1. The highest BCUT2D eigenvalue weighted by molar-refractivity contribution is 7.89. The first-order chi connectivity index (χ1) is 14.6. The van der Waals surface area contributed by atoms with Gasteiger partial charge in [-0.25, -0.2) is 9.37 Å². The number of aromatic amines is 1. The minimum atomic E-state index is -0.994. The van der Waals surface area contributed by atoms with Crippen molar-refractivity contribution in [1.82, 2.24) is 14.3 Å². The maximum absolute atomic E-state index is 14.2. The summed E-state index contributed by atoms with van der Waals surface area (Å²) in [5, 5.41) is 1.16. The molecule has 1 fully saturated rings. The average Bonchev–Trinajstić information content (AvgIpc) is 3.15. The van der Waals surface area contributed by atoms with E-state index in [1.165, 1.54) is 6.20 Å². The van der Waals surface area contributed by atoms with Gasteiger partial charge in [0.1, 0.15) is 11.4 Å². The molecule has 1 aliphatic heterocycles. The van der Waals surface area contributed by atoms with Gasteiger partial charge >= 0.3 is 0 Å². The second kappa shape index (κ2) is 9.66. The molecule has 3 aromatic rings. The van der Waals surface area contributed by atoms with Crippen molar-refractivity contribution in [3.8, 4) is 11.1 Å². The molecule has 0 radical (unpaired) electrons. The maximum Gasteiger partial charge on any atom is 0.150 e. The molecule has 1 atom stereocenters. The number of aromatic nitrogens is 2. The lowest BCUT2D eigenvalue weighted by Gasteiger charge is -2.32. The van der Waals surface area contributed by atoms with E-state index in [0.29, 0.717) is 40.9 Å². The molecule has 2 aromatic heterocycles. The van der Waals surface area contributed by atoms with Crippen LogP contribution in [-0.4, -0.2) is 50.9 Å². The summed E-state index contributed by atoms with van der Waals surface area (Å²) < 4.78 is 33.9. The first kappa shape index (κ1) is 21.6. The van der Waals surface area contributed by atoms with Gasteiger partial charge in [0.25, 0.3) is 0 Å². The Bertz CT molecular complexity index is 1010. The van der Waals surface area contributed by atoms with Crippen molar-refractivity contribution >= 4 is 34.0 Å². The van der Waals surface area contributed by atoms with Crippen LogP contribution in [0.4, 0.5) is 4.39 Å². The largest absolute Gasteiger partial charge is 0.598 e. The van der Waals surface area contributed by atoms with Crippen molar-refractivity contribution < 1.29 is 13.7 Å². The van der Waals surface area contributed by atoms with Crippen LogP contribution in [0.1, 0.15) is 31.2 Å². The minimum absolute atomic E-state index is 0.321. The lowest BCUT2D eigenvalue weighted by molar-refractivity contribution is 0.162. The van der Waals surface area contributed by atoms with Crippen molar-refractivity contribution in [2.24, 2.45) is 0 Å². The molecular weight excluding hydrogens is 425 g/mol. The van der Waals surface area contributed by atoms with Gasteiger partial charge in [0.2, 0.25) is 0 Å². The van der Waals surface area contributed by atoms with E-state index < -0.39 is 11.4 Å². The van der Waals surface area contributed by atoms with E-state index in [-0.39, 0.29) is 5.82 Å². The van der Waals surface area contributed by atoms with E-state index in [1.54, 1.807) is 12.3 Å². The Labute approximate surface area is 183 Å². The molecule has 1 aliphatic rings. The molecule has 3 heterocycles. The lowest BCUT2D eigenvalue weighted by Crippen LogP contribution is -2.40. The van der Waals surface area contributed by atoms with Gasteiger partial charge in [-0.2, -0.15) is 0 Å². The standard InChI is InChI=1S/C22H25ClFN3O2S/c1-2-29-11-12-30(28)27-9-6-15(7-10-27)17-4-3-16(13-19(17)23)18-5-8-25-22-21(18)20(24)14-26-22/h3-5,8,13-15H,2,6-7,9-12H2,1H3,(H,25,26). The topological polar surface area (TPSA) is 64.2 Å². The predicted molar refractivity (Wildman–Crippen MR) is 120 cm³/mol. The molecule has 8 heteroatoms. The molecule has 0 saturated carbocycles. The second-order valence-corrected chi connectivity index (χ2v) is 9.36. The fourth-order valence-corrected chi connectivity index (χ4v) is 5.53. The van der Waals surface area contributed by atoms with Crippen LogP contribution in [0.15, 0.2) is 36.7 Å². The summed E-state index contributed by atoms with van der Waals surface area (Å²) in [6.45, 7) is 4.67. The normalized spacial score (nSPS) is 16.9. The average molecular weight is 450 g/mol. The molecule has 0 aliphatic carbocycles. The van der Waals surface area contributed by atoms with Crippen LogP contribution in [0.2, 0.25) is 5.02 Å². The molecule has 1 unspecified atom stereocenters. The molecule has 1 saturated heterocycles. The van der Waals surface area contributed by atoms with E-state index in [2.05, 4.69) is 9.97 Å². The summed E-state index contributed by atoms with van der Waals surface area (Å²) >= 11 is 5.66. The molecule has 0 bridgehead atoms. The molecule has 1 N–H and O–H groups in total. The number of nitrogens with zero attached hydrogens (tertiary/aromatic N) is 2. The van der Waals surface area contributed by atoms with Crippen molar-refractivity contribution in [2.45, 2.75) is 25.7 Å². The lowest BCUT2D eigenvalue weighted by atomic mass is 9.89. The number of pyridine rings is 1. The number of H-pyrrole nitrogens is 1. The monoisotopic (exact) mass is 449 g/mol. The zero-order valence-corrected chi connectivity index (χ0v) is 18.4. The number of hydrogen-bond donors (Lipinski definition) is 1. The molecule has 160 valence electrons. The second-order valence-electron chi connectivity index (χ2n) is 7.38. The quantitative estimate of drug-likeness (QED) is 0.411. The molecule has 0 spiro atoms. The van der Waals surface area contributed by atoms with Crippen molar-refractivity contribution in [3.05, 3.63) is 53.1 Å². The Morgan fingerprint density at radius 3 is 2.87 bits per heavy atom. The molecule has 4 rings (SSSR count). The smallest absolute Gasteiger partial charge is 0.150 e. The highest BCUT2D eigenvalue weighted by Crippen LogP contribution is 2.37. The first-order valence-corrected chi connectivity index (χ1v) is 11.9. The molecule has 5 nitrogen and oxygen atoms in total. The maximum atomic E-state index is 14.2. The zero-order valence-electron chi connectivity index (χ0n) is 16.9. The third-order valence-electron chi connectivity index (χ3n) is 5.63. The Morgan fingerprint density at radius 1 is 1.33 bits per heavy atom. The van der Waals surface area contributed by atoms with Crippen molar-refractivity contribution in [3.63, 3.8) is 0 Å². The number of nitrogens with one attached hydrogen (secondary N) is 1. The van der Waals surface area contributed by atoms with Gasteiger partial charge < -0.3 is 14.3 Å². The van der Waals surface area contributed by atoms with Crippen LogP contribution in [0, 0.1) is 5.82 Å². The van der Waals surface area contributed by atoms with Gasteiger partial charge in [-0.3, -0.25) is 0 Å². The highest BCUT2D eigenvalue weighted by atomic mass is 35.5. The molecule has 0 amide bonds. The van der Waals surface area contributed by atoms with Crippen molar-refractivity contribution in [1.29, 1.82) is 0 Å².